The van der Waals surface area contributed by atoms with Gasteiger partial charge in [0.05, 0.1) is 33.1 Å². The van der Waals surface area contributed by atoms with E-state index in [1.807, 2.05) is 86.5 Å². The van der Waals surface area contributed by atoms with Crippen molar-refractivity contribution in [2.75, 3.05) is 0 Å². The fourth-order valence-electron chi connectivity index (χ4n) is 4.05. The quantitative estimate of drug-likeness (QED) is 0.309. The van der Waals surface area contributed by atoms with Gasteiger partial charge in [-0.3, -0.25) is 13.7 Å². The summed E-state index contributed by atoms with van der Waals surface area (Å²) in [4.78, 5) is 13.6. The number of hydrogen-bond donors (Lipinski definition) is 0. The third kappa shape index (κ3) is 2.76. The summed E-state index contributed by atoms with van der Waals surface area (Å²) < 4.78 is 5.66. The highest BCUT2D eigenvalue weighted by molar-refractivity contribution is 6.30. The van der Waals surface area contributed by atoms with Crippen molar-refractivity contribution in [3.05, 3.63) is 88.6 Å². The highest BCUT2D eigenvalue weighted by atomic mass is 35.5. The third-order valence-corrected chi connectivity index (χ3v) is 6.15. The molecule has 3 heterocycles. The van der Waals surface area contributed by atoms with Gasteiger partial charge in [0.2, 0.25) is 15.9 Å². The van der Waals surface area contributed by atoms with E-state index in [-0.39, 0.29) is 0 Å². The molecule has 0 saturated carbocycles. The lowest BCUT2D eigenvalue weighted by molar-refractivity contribution is 0.396. The third-order valence-electron chi connectivity index (χ3n) is 5.35. The van der Waals surface area contributed by atoms with Crippen LogP contribution in [0.4, 0.5) is 0 Å². The van der Waals surface area contributed by atoms with Gasteiger partial charge in [0.1, 0.15) is 0 Å². The van der Waals surface area contributed by atoms with Crippen molar-refractivity contribution >= 4 is 67.9 Å². The summed E-state index contributed by atoms with van der Waals surface area (Å²) in [6.07, 6.45) is -0.625. The van der Waals surface area contributed by atoms with E-state index >= 15 is 0 Å². The van der Waals surface area contributed by atoms with E-state index in [1.54, 1.807) is 0 Å². The minimum Gasteiger partial charge on any atom is -0.275 e. The molecule has 0 unspecified atom stereocenters. The van der Waals surface area contributed by atoms with Gasteiger partial charge >= 0.3 is 0 Å². The second kappa shape index (κ2) is 6.99. The van der Waals surface area contributed by atoms with Gasteiger partial charge in [-0.2, -0.15) is 0 Å². The molecule has 6 rings (SSSR count). The number of rotatable bonds is 3. The number of para-hydroxylation sites is 6. The second-order valence-corrected chi connectivity index (χ2v) is 8.08. The first-order chi connectivity index (χ1) is 15.1. The maximum absolute atomic E-state index is 6.70. The molecule has 152 valence electrons. The summed E-state index contributed by atoms with van der Waals surface area (Å²) in [7, 11) is 0. The molecule has 3 aromatic heterocycles. The fourth-order valence-corrected chi connectivity index (χ4v) is 4.86. The van der Waals surface area contributed by atoms with Crippen LogP contribution in [0.25, 0.3) is 33.1 Å². The first kappa shape index (κ1) is 18.7. The Hall–Kier alpha value is -3.06. The highest BCUT2D eigenvalue weighted by Gasteiger charge is 2.29. The molecule has 31 heavy (non-hydrogen) atoms. The van der Waals surface area contributed by atoms with E-state index in [1.165, 1.54) is 0 Å². The molecular weight excluding hydrogens is 455 g/mol. The van der Waals surface area contributed by atoms with Crippen LogP contribution in [0, 0.1) is 0 Å². The molecule has 3 aromatic carbocycles. The van der Waals surface area contributed by atoms with Gasteiger partial charge in [-0.25, -0.2) is 15.0 Å². The van der Waals surface area contributed by atoms with Crippen LogP contribution in [0.1, 0.15) is 6.29 Å². The number of benzene rings is 3. The van der Waals surface area contributed by atoms with Crippen LogP contribution in [0.3, 0.4) is 0 Å². The summed E-state index contributed by atoms with van der Waals surface area (Å²) in [6, 6.07) is 23.2. The smallest absolute Gasteiger partial charge is 0.206 e. The van der Waals surface area contributed by atoms with Gasteiger partial charge in [0.25, 0.3) is 0 Å². The Morgan fingerprint density at radius 3 is 1.10 bits per heavy atom. The Kier molecular flexibility index (Phi) is 4.21. The van der Waals surface area contributed by atoms with Crippen LogP contribution in [0.2, 0.25) is 15.9 Å². The van der Waals surface area contributed by atoms with Gasteiger partial charge < -0.3 is 0 Å². The maximum atomic E-state index is 6.70. The van der Waals surface area contributed by atoms with Crippen LogP contribution >= 0.6 is 34.8 Å². The Morgan fingerprint density at radius 1 is 0.484 bits per heavy atom. The zero-order valence-electron chi connectivity index (χ0n) is 15.8. The minimum atomic E-state index is -0.625. The average molecular weight is 468 g/mol. The largest absolute Gasteiger partial charge is 0.275 e. The lowest BCUT2D eigenvalue weighted by Gasteiger charge is -2.26. The highest BCUT2D eigenvalue weighted by Crippen LogP contribution is 2.35. The van der Waals surface area contributed by atoms with Crippen molar-refractivity contribution in [2.45, 2.75) is 6.29 Å². The van der Waals surface area contributed by atoms with E-state index in [2.05, 4.69) is 15.0 Å². The number of hydrogen-bond acceptors (Lipinski definition) is 3. The van der Waals surface area contributed by atoms with Gasteiger partial charge in [-0.15, -0.1) is 0 Å². The van der Waals surface area contributed by atoms with E-state index in [0.29, 0.717) is 15.9 Å². The first-order valence-corrected chi connectivity index (χ1v) is 10.6. The normalized spacial score (nSPS) is 12.0. The molecule has 0 aliphatic rings. The van der Waals surface area contributed by atoms with Crippen LogP contribution in [0.15, 0.2) is 72.8 Å². The zero-order valence-corrected chi connectivity index (χ0v) is 18.1. The summed E-state index contributed by atoms with van der Waals surface area (Å²) in [5.41, 5.74) is 4.79. The molecule has 0 radical (unpaired) electrons. The summed E-state index contributed by atoms with van der Waals surface area (Å²) >= 11 is 20.1. The maximum Gasteiger partial charge on any atom is 0.206 e. The SMILES string of the molecule is Clc1nc2ccccc2n1C(n1c(Cl)nc2ccccc21)n1c(Cl)nc2ccccc21. The van der Waals surface area contributed by atoms with Crippen LogP contribution in [0.5, 0.6) is 0 Å². The number of nitrogens with zero attached hydrogens (tertiary/aromatic N) is 6. The Labute approximate surface area is 191 Å². The number of fused-ring (bicyclic) bond motifs is 3. The summed E-state index contributed by atoms with van der Waals surface area (Å²) in [6.45, 7) is 0. The molecule has 0 bridgehead atoms. The molecule has 0 saturated heterocycles. The standard InChI is InChI=1S/C22H13Cl3N6/c23-19-26-13-7-1-4-10-16(13)29(19)22(30-17-11-5-2-8-14(17)27-20(30)24)31-18-12-6-3-9-15(18)28-21(31)25/h1-12,22H. The molecule has 6 aromatic rings. The molecule has 0 aliphatic carbocycles. The second-order valence-electron chi connectivity index (χ2n) is 7.07. The zero-order chi connectivity index (χ0) is 21.1. The van der Waals surface area contributed by atoms with E-state index < -0.39 is 6.29 Å². The van der Waals surface area contributed by atoms with E-state index in [0.717, 1.165) is 33.1 Å². The van der Waals surface area contributed by atoms with Crippen molar-refractivity contribution in [2.24, 2.45) is 0 Å². The van der Waals surface area contributed by atoms with Crippen LogP contribution in [-0.4, -0.2) is 28.7 Å². The molecule has 0 fully saturated rings. The molecule has 0 amide bonds. The van der Waals surface area contributed by atoms with Crippen molar-refractivity contribution in [1.82, 2.24) is 28.7 Å². The molecule has 9 heteroatoms. The summed E-state index contributed by atoms with van der Waals surface area (Å²) in [5, 5.41) is 0.900. The van der Waals surface area contributed by atoms with E-state index in [9.17, 15) is 0 Å². The lowest BCUT2D eigenvalue weighted by Crippen LogP contribution is -2.26. The van der Waals surface area contributed by atoms with E-state index in [4.69, 9.17) is 34.8 Å². The van der Waals surface area contributed by atoms with Crippen molar-refractivity contribution in [3.63, 3.8) is 0 Å². The predicted molar refractivity (Wildman–Crippen MR) is 124 cm³/mol. The predicted octanol–water partition coefficient (Wildman–Crippen LogP) is 6.25. The van der Waals surface area contributed by atoms with Crippen molar-refractivity contribution in [3.8, 4) is 0 Å². The molecule has 0 aliphatic heterocycles. The van der Waals surface area contributed by atoms with Crippen LogP contribution in [-0.2, 0) is 0 Å². The van der Waals surface area contributed by atoms with Gasteiger partial charge in [0.15, 0.2) is 6.29 Å². The first-order valence-electron chi connectivity index (χ1n) is 9.51. The molecule has 6 nitrogen and oxygen atoms in total. The number of aromatic nitrogens is 6. The number of imidazole rings is 3. The Morgan fingerprint density at radius 2 is 0.774 bits per heavy atom. The van der Waals surface area contributed by atoms with Gasteiger partial charge in [-0.1, -0.05) is 36.4 Å². The molecule has 0 N–H and O–H groups in total. The summed E-state index contributed by atoms with van der Waals surface area (Å²) in [5.74, 6) is 0. The monoisotopic (exact) mass is 466 g/mol. The van der Waals surface area contributed by atoms with Crippen LogP contribution < -0.4 is 0 Å². The minimum absolute atomic E-state index is 0.300. The van der Waals surface area contributed by atoms with Crippen molar-refractivity contribution < 1.29 is 0 Å². The Balaban J connectivity index is 1.78. The lowest BCUT2D eigenvalue weighted by atomic mass is 10.3. The fraction of sp³-hybridized carbons (Fsp3) is 0.0455. The Bertz CT molecular complexity index is 1410. The average Bonchev–Trinajstić information content (AvgIpc) is 3.39. The number of halogens is 3. The van der Waals surface area contributed by atoms with Crippen molar-refractivity contribution in [1.29, 1.82) is 0 Å². The molecule has 0 atom stereocenters. The molecular formula is C22H13Cl3N6. The van der Waals surface area contributed by atoms with Gasteiger partial charge in [-0.05, 0) is 71.2 Å². The molecule has 0 spiro atoms. The van der Waals surface area contributed by atoms with Gasteiger partial charge in [0, 0.05) is 0 Å². The topological polar surface area (TPSA) is 53.5 Å².